The number of hydrogen-bond donors (Lipinski definition) is 1. The SMILES string of the molecule is CC(C=O)(CC1CCCN1C(=O)OCc1ccccc1)C(=O)O. The van der Waals surface area contributed by atoms with Crippen molar-refractivity contribution in [3.8, 4) is 0 Å². The molecule has 0 saturated carbocycles. The average molecular weight is 319 g/mol. The second-order valence-corrected chi connectivity index (χ2v) is 6.07. The Morgan fingerprint density at radius 3 is 2.70 bits per heavy atom. The van der Waals surface area contributed by atoms with E-state index in [1.807, 2.05) is 30.3 Å². The summed E-state index contributed by atoms with van der Waals surface area (Å²) >= 11 is 0. The standard InChI is InChI=1S/C17H21NO5/c1-17(12-19,15(20)21)10-14-8-5-9-18(14)16(22)23-11-13-6-3-2-4-7-13/h2-4,6-7,12,14H,5,8-11H2,1H3,(H,20,21). The molecule has 0 aromatic heterocycles. The minimum atomic E-state index is -1.48. The molecular formula is C17H21NO5. The lowest BCUT2D eigenvalue weighted by molar-refractivity contribution is -0.151. The highest BCUT2D eigenvalue weighted by atomic mass is 16.6. The Kier molecular flexibility index (Phi) is 5.36. The molecule has 23 heavy (non-hydrogen) atoms. The van der Waals surface area contributed by atoms with Gasteiger partial charge in [0.15, 0.2) is 0 Å². The number of carbonyl (C=O) groups excluding carboxylic acids is 2. The molecule has 1 aliphatic rings. The Balaban J connectivity index is 1.96. The van der Waals surface area contributed by atoms with Gasteiger partial charge in [0.2, 0.25) is 0 Å². The summed E-state index contributed by atoms with van der Waals surface area (Å²) in [6.07, 6.45) is 1.54. The van der Waals surface area contributed by atoms with Crippen LogP contribution in [0.1, 0.15) is 31.7 Å². The summed E-state index contributed by atoms with van der Waals surface area (Å²) in [6, 6.07) is 9.05. The number of likely N-dealkylation sites (tertiary alicyclic amines) is 1. The molecule has 2 rings (SSSR count). The highest BCUT2D eigenvalue weighted by Crippen LogP contribution is 2.30. The maximum Gasteiger partial charge on any atom is 0.410 e. The molecule has 1 amide bonds. The molecule has 0 spiro atoms. The molecule has 2 unspecified atom stereocenters. The zero-order valence-corrected chi connectivity index (χ0v) is 13.1. The van der Waals surface area contributed by atoms with Crippen LogP contribution in [0.15, 0.2) is 30.3 Å². The van der Waals surface area contributed by atoms with E-state index in [4.69, 9.17) is 4.74 Å². The van der Waals surface area contributed by atoms with E-state index in [-0.39, 0.29) is 19.1 Å². The number of aldehydes is 1. The lowest BCUT2D eigenvalue weighted by Gasteiger charge is -2.28. The van der Waals surface area contributed by atoms with Crippen molar-refractivity contribution in [2.24, 2.45) is 5.41 Å². The van der Waals surface area contributed by atoms with Gasteiger partial charge in [-0.1, -0.05) is 30.3 Å². The van der Waals surface area contributed by atoms with E-state index in [1.54, 1.807) is 0 Å². The Bertz CT molecular complexity index is 574. The number of carboxylic acids is 1. The third-order valence-electron chi connectivity index (χ3n) is 4.23. The fraction of sp³-hybridized carbons (Fsp3) is 0.471. The molecule has 0 bridgehead atoms. The number of ether oxygens (including phenoxy) is 1. The molecule has 6 nitrogen and oxygen atoms in total. The Hall–Kier alpha value is -2.37. The summed E-state index contributed by atoms with van der Waals surface area (Å²) in [5, 5.41) is 9.20. The second kappa shape index (κ2) is 7.26. The molecule has 1 aromatic carbocycles. The van der Waals surface area contributed by atoms with Crippen molar-refractivity contribution in [2.75, 3.05) is 6.54 Å². The summed E-state index contributed by atoms with van der Waals surface area (Å²) < 4.78 is 5.30. The van der Waals surface area contributed by atoms with Crippen LogP contribution in [-0.4, -0.2) is 40.9 Å². The molecule has 1 saturated heterocycles. The van der Waals surface area contributed by atoms with Crippen molar-refractivity contribution in [3.05, 3.63) is 35.9 Å². The van der Waals surface area contributed by atoms with Crippen LogP contribution in [-0.2, 0) is 20.9 Å². The highest BCUT2D eigenvalue weighted by molar-refractivity contribution is 5.91. The van der Waals surface area contributed by atoms with Gasteiger partial charge in [-0.15, -0.1) is 0 Å². The summed E-state index contributed by atoms with van der Waals surface area (Å²) in [7, 11) is 0. The molecule has 6 heteroatoms. The number of hydrogen-bond acceptors (Lipinski definition) is 4. The molecule has 1 aromatic rings. The van der Waals surface area contributed by atoms with E-state index in [0.29, 0.717) is 19.3 Å². The lowest BCUT2D eigenvalue weighted by Crippen LogP contribution is -2.42. The molecule has 2 atom stereocenters. The van der Waals surface area contributed by atoms with E-state index < -0.39 is 17.5 Å². The number of benzene rings is 1. The van der Waals surface area contributed by atoms with Crippen LogP contribution in [0.4, 0.5) is 4.79 Å². The van der Waals surface area contributed by atoms with Crippen LogP contribution in [0, 0.1) is 5.41 Å². The molecule has 0 aliphatic carbocycles. The van der Waals surface area contributed by atoms with Crippen molar-refractivity contribution in [2.45, 2.75) is 38.8 Å². The van der Waals surface area contributed by atoms with Gasteiger partial charge < -0.3 is 19.5 Å². The van der Waals surface area contributed by atoms with Crippen LogP contribution >= 0.6 is 0 Å². The van der Waals surface area contributed by atoms with Crippen LogP contribution in [0.3, 0.4) is 0 Å². The van der Waals surface area contributed by atoms with Crippen molar-refractivity contribution in [3.63, 3.8) is 0 Å². The van der Waals surface area contributed by atoms with Gasteiger partial charge in [0.1, 0.15) is 18.3 Å². The fourth-order valence-corrected chi connectivity index (χ4v) is 2.77. The summed E-state index contributed by atoms with van der Waals surface area (Å²) in [4.78, 5) is 36.2. The van der Waals surface area contributed by atoms with Gasteiger partial charge in [0.05, 0.1) is 0 Å². The third-order valence-corrected chi connectivity index (χ3v) is 4.23. The predicted octanol–water partition coefficient (Wildman–Crippen LogP) is 2.47. The van der Waals surface area contributed by atoms with E-state index in [0.717, 1.165) is 12.0 Å². The zero-order chi connectivity index (χ0) is 16.9. The zero-order valence-electron chi connectivity index (χ0n) is 13.1. The van der Waals surface area contributed by atoms with Gasteiger partial charge in [-0.05, 0) is 31.7 Å². The topological polar surface area (TPSA) is 83.9 Å². The Labute approximate surface area is 135 Å². The first-order chi connectivity index (χ1) is 11.0. The van der Waals surface area contributed by atoms with Gasteiger partial charge in [-0.3, -0.25) is 4.79 Å². The molecule has 0 radical (unpaired) electrons. The quantitative estimate of drug-likeness (QED) is 0.643. The van der Waals surface area contributed by atoms with Gasteiger partial charge in [0, 0.05) is 12.6 Å². The van der Waals surface area contributed by atoms with E-state index >= 15 is 0 Å². The number of carboxylic acid groups (broad SMARTS) is 1. The largest absolute Gasteiger partial charge is 0.481 e. The van der Waals surface area contributed by atoms with E-state index in [2.05, 4.69) is 0 Å². The number of carbonyl (C=O) groups is 3. The van der Waals surface area contributed by atoms with Crippen LogP contribution in [0.5, 0.6) is 0 Å². The second-order valence-electron chi connectivity index (χ2n) is 6.07. The highest BCUT2D eigenvalue weighted by Gasteiger charge is 2.40. The monoisotopic (exact) mass is 319 g/mol. The van der Waals surface area contributed by atoms with Crippen LogP contribution < -0.4 is 0 Å². The maximum atomic E-state index is 12.2. The smallest absolute Gasteiger partial charge is 0.410 e. The number of aliphatic carboxylic acids is 1. The van der Waals surface area contributed by atoms with Crippen LogP contribution in [0.2, 0.25) is 0 Å². The Morgan fingerprint density at radius 2 is 2.09 bits per heavy atom. The predicted molar refractivity (Wildman–Crippen MR) is 82.8 cm³/mol. The molecular weight excluding hydrogens is 298 g/mol. The minimum absolute atomic E-state index is 0.103. The maximum absolute atomic E-state index is 12.2. The number of amides is 1. The first kappa shape index (κ1) is 17.0. The van der Waals surface area contributed by atoms with Gasteiger partial charge >= 0.3 is 12.1 Å². The first-order valence-electron chi connectivity index (χ1n) is 7.63. The van der Waals surface area contributed by atoms with Gasteiger partial charge in [-0.25, -0.2) is 4.79 Å². The van der Waals surface area contributed by atoms with Crippen molar-refractivity contribution in [1.82, 2.24) is 4.90 Å². The van der Waals surface area contributed by atoms with E-state index in [1.165, 1.54) is 11.8 Å². The van der Waals surface area contributed by atoms with Crippen LogP contribution in [0.25, 0.3) is 0 Å². The number of nitrogens with zero attached hydrogens (tertiary/aromatic N) is 1. The van der Waals surface area contributed by atoms with Crippen molar-refractivity contribution in [1.29, 1.82) is 0 Å². The van der Waals surface area contributed by atoms with Crippen molar-refractivity contribution < 1.29 is 24.2 Å². The fourth-order valence-electron chi connectivity index (χ4n) is 2.77. The molecule has 1 fully saturated rings. The molecule has 1 heterocycles. The van der Waals surface area contributed by atoms with Gasteiger partial charge in [-0.2, -0.15) is 0 Å². The Morgan fingerprint density at radius 1 is 1.39 bits per heavy atom. The summed E-state index contributed by atoms with van der Waals surface area (Å²) in [5.41, 5.74) is -0.590. The molecule has 1 aliphatic heterocycles. The number of rotatable bonds is 6. The minimum Gasteiger partial charge on any atom is -0.481 e. The lowest BCUT2D eigenvalue weighted by atomic mass is 9.84. The van der Waals surface area contributed by atoms with E-state index in [9.17, 15) is 19.5 Å². The van der Waals surface area contributed by atoms with Gasteiger partial charge in [0.25, 0.3) is 0 Å². The third kappa shape index (κ3) is 4.09. The van der Waals surface area contributed by atoms with Crippen molar-refractivity contribution >= 4 is 18.3 Å². The molecule has 1 N–H and O–H groups in total. The average Bonchev–Trinajstić information content (AvgIpc) is 3.01. The molecule has 124 valence electrons. The summed E-state index contributed by atoms with van der Waals surface area (Å²) in [6.45, 7) is 2.08. The first-order valence-corrected chi connectivity index (χ1v) is 7.63. The summed E-state index contributed by atoms with van der Waals surface area (Å²) in [5.74, 6) is -1.17. The normalized spacial score (nSPS) is 19.9.